The first-order valence-corrected chi connectivity index (χ1v) is 10.8. The zero-order chi connectivity index (χ0) is 22.5. The van der Waals surface area contributed by atoms with E-state index >= 15 is 0 Å². The van der Waals surface area contributed by atoms with Gasteiger partial charge in [0.05, 0.1) is 19.7 Å². The molecule has 8 heteroatoms. The molecule has 1 aliphatic rings. The number of amides is 1. The molecule has 1 unspecified atom stereocenters. The number of piperidine rings is 1. The summed E-state index contributed by atoms with van der Waals surface area (Å²) in [7, 11) is 1.63. The average molecular weight is 439 g/mol. The van der Waals surface area contributed by atoms with Gasteiger partial charge in [0.2, 0.25) is 17.6 Å². The van der Waals surface area contributed by atoms with Gasteiger partial charge in [-0.1, -0.05) is 17.3 Å². The predicted octanol–water partition coefficient (Wildman–Crippen LogP) is 3.97. The molecule has 1 saturated heterocycles. The number of likely N-dealkylation sites (tertiary alicyclic amines) is 1. The number of halogens is 1. The van der Waals surface area contributed by atoms with Crippen LogP contribution in [0, 0.1) is 11.7 Å². The second-order valence-electron chi connectivity index (χ2n) is 8.07. The number of hydrogen-bond donors (Lipinski definition) is 1. The number of ether oxygens (including phenoxy) is 1. The highest BCUT2D eigenvalue weighted by molar-refractivity contribution is 5.79. The number of carbonyl (C=O) groups is 1. The van der Waals surface area contributed by atoms with E-state index in [4.69, 9.17) is 9.26 Å². The normalized spacial score (nSPS) is 16.0. The molecule has 1 aliphatic heterocycles. The Kier molecular flexibility index (Phi) is 6.80. The fourth-order valence-electron chi connectivity index (χ4n) is 3.89. The first-order chi connectivity index (χ1) is 15.5. The fraction of sp³-hybridized carbons (Fsp3) is 0.375. The van der Waals surface area contributed by atoms with Gasteiger partial charge in [0.25, 0.3) is 0 Å². The molecule has 1 fully saturated rings. The van der Waals surface area contributed by atoms with Crippen molar-refractivity contribution >= 4 is 5.91 Å². The maximum atomic E-state index is 13.1. The van der Waals surface area contributed by atoms with Crippen molar-refractivity contribution < 1.29 is 18.4 Å². The quantitative estimate of drug-likeness (QED) is 0.601. The van der Waals surface area contributed by atoms with E-state index in [1.807, 2.05) is 31.2 Å². The van der Waals surface area contributed by atoms with Gasteiger partial charge in [0.15, 0.2) is 0 Å². The standard InChI is InChI=1S/C24H27FN4O3/c1-16(17-3-7-20(25)8-4-17)26-24(30)19-11-13-29(14-12-19)15-22-27-23(28-32-22)18-5-9-21(31-2)10-6-18/h3-10,16,19H,11-15H2,1-2H3,(H,26,30). The minimum atomic E-state index is -0.281. The van der Waals surface area contributed by atoms with Gasteiger partial charge in [-0.25, -0.2) is 4.39 Å². The number of benzene rings is 2. The summed E-state index contributed by atoms with van der Waals surface area (Å²) in [5, 5.41) is 7.13. The number of aromatic nitrogens is 2. The third kappa shape index (κ3) is 5.31. The lowest BCUT2D eigenvalue weighted by Crippen LogP contribution is -2.40. The molecular formula is C24H27FN4O3. The Bertz CT molecular complexity index is 1030. The predicted molar refractivity (Wildman–Crippen MR) is 117 cm³/mol. The summed E-state index contributed by atoms with van der Waals surface area (Å²) in [4.78, 5) is 19.4. The number of nitrogens with zero attached hydrogens (tertiary/aromatic N) is 3. The van der Waals surface area contributed by atoms with Crippen LogP contribution in [-0.2, 0) is 11.3 Å². The Morgan fingerprint density at radius 1 is 1.19 bits per heavy atom. The Morgan fingerprint density at radius 3 is 2.53 bits per heavy atom. The van der Waals surface area contributed by atoms with E-state index in [-0.39, 0.29) is 23.7 Å². The van der Waals surface area contributed by atoms with Crippen LogP contribution in [0.15, 0.2) is 53.1 Å². The zero-order valence-corrected chi connectivity index (χ0v) is 18.3. The molecule has 168 valence electrons. The van der Waals surface area contributed by atoms with Crippen molar-refractivity contribution in [3.05, 3.63) is 65.8 Å². The number of carbonyl (C=O) groups excluding carboxylic acids is 1. The van der Waals surface area contributed by atoms with E-state index < -0.39 is 0 Å². The summed E-state index contributed by atoms with van der Waals surface area (Å²) in [5.74, 6) is 1.61. The molecule has 0 radical (unpaired) electrons. The molecule has 1 aromatic heterocycles. The molecular weight excluding hydrogens is 411 g/mol. The van der Waals surface area contributed by atoms with Crippen LogP contribution < -0.4 is 10.1 Å². The Morgan fingerprint density at radius 2 is 1.88 bits per heavy atom. The van der Waals surface area contributed by atoms with E-state index in [0.29, 0.717) is 18.3 Å². The summed E-state index contributed by atoms with van der Waals surface area (Å²) in [6.45, 7) is 4.03. The van der Waals surface area contributed by atoms with Crippen molar-refractivity contribution in [2.75, 3.05) is 20.2 Å². The first kappa shape index (κ1) is 22.0. The molecule has 2 heterocycles. The molecule has 2 aromatic carbocycles. The van der Waals surface area contributed by atoms with Crippen molar-refractivity contribution in [2.45, 2.75) is 32.4 Å². The SMILES string of the molecule is COc1ccc(-c2noc(CN3CCC(C(=O)NC(C)c4ccc(F)cc4)CC3)n2)cc1. The smallest absolute Gasteiger partial charge is 0.241 e. The van der Waals surface area contributed by atoms with Crippen LogP contribution in [-0.4, -0.2) is 41.1 Å². The van der Waals surface area contributed by atoms with E-state index in [9.17, 15) is 9.18 Å². The van der Waals surface area contributed by atoms with E-state index in [1.54, 1.807) is 19.2 Å². The van der Waals surface area contributed by atoms with E-state index in [2.05, 4.69) is 20.4 Å². The van der Waals surface area contributed by atoms with Crippen molar-refractivity contribution in [3.63, 3.8) is 0 Å². The highest BCUT2D eigenvalue weighted by Crippen LogP contribution is 2.23. The van der Waals surface area contributed by atoms with Crippen LogP contribution in [0.3, 0.4) is 0 Å². The van der Waals surface area contributed by atoms with E-state index in [0.717, 1.165) is 42.8 Å². The second kappa shape index (κ2) is 9.91. The summed E-state index contributed by atoms with van der Waals surface area (Å²) in [6, 6.07) is 13.6. The van der Waals surface area contributed by atoms with Crippen molar-refractivity contribution in [1.29, 1.82) is 0 Å². The second-order valence-corrected chi connectivity index (χ2v) is 8.07. The van der Waals surface area contributed by atoms with Gasteiger partial charge in [-0.15, -0.1) is 0 Å². The fourth-order valence-corrected chi connectivity index (χ4v) is 3.89. The Hall–Kier alpha value is -3.26. The van der Waals surface area contributed by atoms with Gasteiger partial charge in [-0.2, -0.15) is 4.98 Å². The summed E-state index contributed by atoms with van der Waals surface area (Å²) >= 11 is 0. The highest BCUT2D eigenvalue weighted by atomic mass is 19.1. The molecule has 4 rings (SSSR count). The van der Waals surface area contributed by atoms with E-state index in [1.165, 1.54) is 12.1 Å². The lowest BCUT2D eigenvalue weighted by Gasteiger charge is -2.30. The molecule has 1 amide bonds. The van der Waals surface area contributed by atoms with Crippen molar-refractivity contribution in [1.82, 2.24) is 20.4 Å². The molecule has 0 spiro atoms. The summed E-state index contributed by atoms with van der Waals surface area (Å²) in [5.41, 5.74) is 1.76. The van der Waals surface area contributed by atoms with Crippen LogP contribution in [0.1, 0.15) is 37.3 Å². The van der Waals surface area contributed by atoms with Gasteiger partial charge in [0, 0.05) is 11.5 Å². The number of methoxy groups -OCH3 is 1. The Balaban J connectivity index is 1.26. The number of nitrogens with one attached hydrogen (secondary N) is 1. The lowest BCUT2D eigenvalue weighted by atomic mass is 9.95. The molecule has 32 heavy (non-hydrogen) atoms. The molecule has 1 N–H and O–H groups in total. The molecule has 3 aromatic rings. The summed E-state index contributed by atoms with van der Waals surface area (Å²) in [6.07, 6.45) is 1.53. The monoisotopic (exact) mass is 438 g/mol. The highest BCUT2D eigenvalue weighted by Gasteiger charge is 2.27. The topological polar surface area (TPSA) is 80.5 Å². The van der Waals surface area contributed by atoms with Crippen LogP contribution in [0.25, 0.3) is 11.4 Å². The van der Waals surface area contributed by atoms with Crippen LogP contribution in [0.5, 0.6) is 5.75 Å². The van der Waals surface area contributed by atoms with Crippen LogP contribution >= 0.6 is 0 Å². The lowest BCUT2D eigenvalue weighted by molar-refractivity contribution is -0.127. The van der Waals surface area contributed by atoms with Gasteiger partial charge in [-0.05, 0) is 74.8 Å². The molecule has 0 saturated carbocycles. The summed E-state index contributed by atoms with van der Waals surface area (Å²) < 4.78 is 23.7. The van der Waals surface area contributed by atoms with Crippen molar-refractivity contribution in [3.8, 4) is 17.1 Å². The molecule has 0 aliphatic carbocycles. The van der Waals surface area contributed by atoms with Crippen LogP contribution in [0.2, 0.25) is 0 Å². The molecule has 0 bridgehead atoms. The Labute approximate surface area is 186 Å². The van der Waals surface area contributed by atoms with Gasteiger partial charge in [0.1, 0.15) is 11.6 Å². The van der Waals surface area contributed by atoms with Crippen molar-refractivity contribution in [2.24, 2.45) is 5.92 Å². The number of hydrogen-bond acceptors (Lipinski definition) is 6. The minimum Gasteiger partial charge on any atom is -0.497 e. The number of rotatable bonds is 7. The maximum Gasteiger partial charge on any atom is 0.241 e. The minimum absolute atomic E-state index is 0.0355. The van der Waals surface area contributed by atoms with Crippen LogP contribution in [0.4, 0.5) is 4.39 Å². The first-order valence-electron chi connectivity index (χ1n) is 10.8. The zero-order valence-electron chi connectivity index (χ0n) is 18.3. The van der Waals surface area contributed by atoms with Gasteiger partial charge < -0.3 is 14.6 Å². The third-order valence-corrected chi connectivity index (χ3v) is 5.86. The van der Waals surface area contributed by atoms with Gasteiger partial charge >= 0.3 is 0 Å². The average Bonchev–Trinajstić information content (AvgIpc) is 3.28. The molecule has 1 atom stereocenters. The molecule has 7 nitrogen and oxygen atoms in total. The third-order valence-electron chi connectivity index (χ3n) is 5.86. The largest absolute Gasteiger partial charge is 0.497 e. The van der Waals surface area contributed by atoms with Gasteiger partial charge in [-0.3, -0.25) is 9.69 Å². The maximum absolute atomic E-state index is 13.1.